The number of guanidine groups is 1. The van der Waals surface area contributed by atoms with Crippen LogP contribution in [0.5, 0.6) is 0 Å². The molecule has 21 nitrogen and oxygen atoms in total. The zero-order chi connectivity index (χ0) is 49.6. The van der Waals surface area contributed by atoms with Gasteiger partial charge in [0.2, 0.25) is 53.2 Å². The van der Waals surface area contributed by atoms with Crippen molar-refractivity contribution in [3.05, 3.63) is 83.9 Å². The molecule has 0 bridgehead atoms. The molecule has 21 heteroatoms. The van der Waals surface area contributed by atoms with Crippen molar-refractivity contribution >= 4 is 69.9 Å². The van der Waals surface area contributed by atoms with Gasteiger partial charge >= 0.3 is 0 Å². The minimum absolute atomic E-state index is 0.00722. The molecule has 3 unspecified atom stereocenters. The van der Waals surface area contributed by atoms with Crippen LogP contribution in [0.2, 0.25) is 0 Å². The lowest BCUT2D eigenvalue weighted by molar-refractivity contribution is -0.134. The molecule has 366 valence electrons. The number of amides is 9. The number of rotatable bonds is 17. The number of carbonyl (C=O) groups excluding carboxylic acids is 9. The van der Waals surface area contributed by atoms with E-state index in [0.717, 1.165) is 22.8 Å². The molecular formula is C47H64N12O9. The molecule has 14 N–H and O–H groups in total. The standard InChI is InChI=1S/C47H64N12O9/c1-3-4-18-33(54-28(2)60)43(65)57-35-20-21-39(61)51-24-22-36(45(67)59-37(41(48)63)26-31-16-10-15-30-14-8-9-17-32(30)31)58-44(66)34(19-11-23-52-47(49)50)56-46(68)38(25-29-12-6-5-7-13-29)55-40(62)27-53-42(35)64/h5-10,12-17,33-38H,3-4,11,18-27H2,1-2H3,(H2,48,63)(H,51,61)(H,53,64)(H,54,60)(H,55,62)(H,56,68)(H,57,65)(H,58,66)(H,59,67)(H4,49,50,52)/t33-,34-,35?,36?,37-,38?/m0/s1. The fraction of sp³-hybridized carbons (Fsp3) is 0.447. The van der Waals surface area contributed by atoms with E-state index in [1.165, 1.54) is 6.92 Å². The van der Waals surface area contributed by atoms with Crippen LogP contribution in [0.15, 0.2) is 77.8 Å². The molecule has 3 aromatic rings. The number of hydrogen-bond donors (Lipinski definition) is 11. The number of hydrogen-bond acceptors (Lipinski definition) is 10. The first-order valence-electron chi connectivity index (χ1n) is 22.7. The highest BCUT2D eigenvalue weighted by molar-refractivity contribution is 5.97. The highest BCUT2D eigenvalue weighted by Crippen LogP contribution is 2.20. The van der Waals surface area contributed by atoms with Gasteiger partial charge in [-0.2, -0.15) is 0 Å². The van der Waals surface area contributed by atoms with E-state index in [1.807, 2.05) is 43.3 Å². The molecule has 4 rings (SSSR count). The summed E-state index contributed by atoms with van der Waals surface area (Å²) in [5.74, 6) is -6.82. The summed E-state index contributed by atoms with van der Waals surface area (Å²) in [6.45, 7) is 2.39. The number of primary amides is 1. The lowest BCUT2D eigenvalue weighted by atomic mass is 9.98. The Morgan fingerprint density at radius 2 is 1.46 bits per heavy atom. The van der Waals surface area contributed by atoms with E-state index >= 15 is 0 Å². The second-order valence-electron chi connectivity index (χ2n) is 16.5. The van der Waals surface area contributed by atoms with E-state index in [4.69, 9.17) is 17.2 Å². The summed E-state index contributed by atoms with van der Waals surface area (Å²) in [6, 6.07) is 14.1. The molecule has 0 aromatic heterocycles. The third kappa shape index (κ3) is 17.7. The molecule has 1 aliphatic rings. The van der Waals surface area contributed by atoms with Gasteiger partial charge in [-0.3, -0.25) is 48.1 Å². The summed E-state index contributed by atoms with van der Waals surface area (Å²) in [6.07, 6.45) is 0.890. The Kier molecular flexibility index (Phi) is 21.2. The van der Waals surface area contributed by atoms with Crippen LogP contribution in [-0.2, 0) is 56.0 Å². The second-order valence-corrected chi connectivity index (χ2v) is 16.5. The average molecular weight is 941 g/mol. The maximum Gasteiger partial charge on any atom is 0.243 e. The number of unbranched alkanes of at least 4 members (excludes halogenated alkanes) is 1. The zero-order valence-corrected chi connectivity index (χ0v) is 38.4. The van der Waals surface area contributed by atoms with E-state index in [9.17, 15) is 43.2 Å². The van der Waals surface area contributed by atoms with Crippen molar-refractivity contribution in [2.75, 3.05) is 19.6 Å². The molecule has 68 heavy (non-hydrogen) atoms. The fourth-order valence-corrected chi connectivity index (χ4v) is 7.55. The van der Waals surface area contributed by atoms with Crippen LogP contribution < -0.4 is 59.7 Å². The third-order valence-corrected chi connectivity index (χ3v) is 11.1. The summed E-state index contributed by atoms with van der Waals surface area (Å²) in [5.41, 5.74) is 18.2. The van der Waals surface area contributed by atoms with Crippen molar-refractivity contribution in [3.8, 4) is 0 Å². The van der Waals surface area contributed by atoms with Crippen molar-refractivity contribution in [1.29, 1.82) is 0 Å². The Morgan fingerprint density at radius 1 is 0.750 bits per heavy atom. The van der Waals surface area contributed by atoms with Gasteiger partial charge in [-0.05, 0) is 54.0 Å². The van der Waals surface area contributed by atoms with E-state index in [-0.39, 0.29) is 70.4 Å². The van der Waals surface area contributed by atoms with E-state index < -0.39 is 96.0 Å². The van der Waals surface area contributed by atoms with Gasteiger partial charge in [-0.1, -0.05) is 92.6 Å². The van der Waals surface area contributed by atoms with Gasteiger partial charge in [0.05, 0.1) is 6.54 Å². The highest BCUT2D eigenvalue weighted by Gasteiger charge is 2.33. The number of nitrogens with zero attached hydrogens (tertiary/aromatic N) is 1. The van der Waals surface area contributed by atoms with Gasteiger partial charge in [0.1, 0.15) is 36.3 Å². The Hall–Kier alpha value is -7.58. The van der Waals surface area contributed by atoms with E-state index in [1.54, 1.807) is 36.4 Å². The quantitative estimate of drug-likeness (QED) is 0.0429. The number of benzene rings is 3. The van der Waals surface area contributed by atoms with Crippen molar-refractivity contribution in [2.45, 2.75) is 114 Å². The first-order chi connectivity index (χ1) is 32.5. The Morgan fingerprint density at radius 3 is 2.16 bits per heavy atom. The minimum Gasteiger partial charge on any atom is -0.370 e. The van der Waals surface area contributed by atoms with Gasteiger partial charge in [0.25, 0.3) is 0 Å². The van der Waals surface area contributed by atoms with Crippen molar-refractivity contribution < 1.29 is 43.2 Å². The third-order valence-electron chi connectivity index (χ3n) is 11.1. The maximum atomic E-state index is 14.3. The van der Waals surface area contributed by atoms with Gasteiger partial charge < -0.3 is 59.7 Å². The lowest BCUT2D eigenvalue weighted by Crippen LogP contribution is -2.59. The average Bonchev–Trinajstić information content (AvgIpc) is 3.30. The zero-order valence-electron chi connectivity index (χ0n) is 38.4. The SMILES string of the molecule is CCCC[C@H](NC(C)=O)C(=O)NC1CCC(=O)NCCC(C(=O)N[C@@H](Cc2cccc3ccccc23)C(N)=O)NC(=O)[C@H](CCCN=C(N)N)NC(=O)C(Cc2ccccc2)NC(=O)CNC1=O. The van der Waals surface area contributed by atoms with Crippen LogP contribution in [-0.4, -0.2) is 115 Å². The number of nitrogens with one attached hydrogen (secondary N) is 8. The molecule has 0 saturated carbocycles. The van der Waals surface area contributed by atoms with E-state index in [2.05, 4.69) is 47.5 Å². The Balaban J connectivity index is 1.68. The number of carbonyl (C=O) groups is 9. The molecule has 0 aliphatic carbocycles. The lowest BCUT2D eigenvalue weighted by Gasteiger charge is -2.26. The summed E-state index contributed by atoms with van der Waals surface area (Å²) in [4.78, 5) is 125. The molecule has 1 heterocycles. The van der Waals surface area contributed by atoms with Crippen molar-refractivity contribution in [3.63, 3.8) is 0 Å². The topological polar surface area (TPSA) is 340 Å². The highest BCUT2D eigenvalue weighted by atomic mass is 16.2. The van der Waals surface area contributed by atoms with E-state index in [0.29, 0.717) is 12.0 Å². The molecule has 1 aliphatic heterocycles. The first-order valence-corrected chi connectivity index (χ1v) is 22.7. The van der Waals surface area contributed by atoms with Crippen molar-refractivity contribution in [2.24, 2.45) is 22.2 Å². The van der Waals surface area contributed by atoms with Gasteiger partial charge in [-0.15, -0.1) is 0 Å². The van der Waals surface area contributed by atoms with Gasteiger partial charge in [0, 0.05) is 39.3 Å². The van der Waals surface area contributed by atoms with Gasteiger partial charge in [-0.25, -0.2) is 0 Å². The van der Waals surface area contributed by atoms with Crippen LogP contribution in [0, 0.1) is 0 Å². The van der Waals surface area contributed by atoms with Crippen LogP contribution in [0.3, 0.4) is 0 Å². The Labute approximate surface area is 394 Å². The van der Waals surface area contributed by atoms with Crippen molar-refractivity contribution in [1.82, 2.24) is 42.5 Å². The molecule has 1 saturated heterocycles. The summed E-state index contributed by atoms with van der Waals surface area (Å²) >= 11 is 0. The molecule has 9 amide bonds. The predicted molar refractivity (Wildman–Crippen MR) is 254 cm³/mol. The number of aliphatic imine (C=N–C) groups is 1. The maximum absolute atomic E-state index is 14.3. The molecule has 3 aromatic carbocycles. The normalized spacial score (nSPS) is 19.6. The second kappa shape index (κ2) is 27.2. The molecule has 1 fully saturated rings. The molecule has 0 spiro atoms. The van der Waals surface area contributed by atoms with Crippen LogP contribution in [0.25, 0.3) is 10.8 Å². The summed E-state index contributed by atoms with van der Waals surface area (Å²) in [5, 5.41) is 22.7. The van der Waals surface area contributed by atoms with Crippen LogP contribution in [0.4, 0.5) is 0 Å². The molecule has 6 atom stereocenters. The number of fused-ring (bicyclic) bond motifs is 1. The largest absolute Gasteiger partial charge is 0.370 e. The monoisotopic (exact) mass is 940 g/mol. The summed E-state index contributed by atoms with van der Waals surface area (Å²) < 4.78 is 0. The predicted octanol–water partition coefficient (Wildman–Crippen LogP) is -1.30. The molecular weight excluding hydrogens is 877 g/mol. The fourth-order valence-electron chi connectivity index (χ4n) is 7.55. The summed E-state index contributed by atoms with van der Waals surface area (Å²) in [7, 11) is 0. The van der Waals surface area contributed by atoms with Crippen LogP contribution in [0.1, 0.15) is 76.3 Å². The van der Waals surface area contributed by atoms with Crippen LogP contribution >= 0.6 is 0 Å². The molecule has 0 radical (unpaired) electrons. The smallest absolute Gasteiger partial charge is 0.243 e. The Bertz CT molecular complexity index is 2280. The number of nitrogens with two attached hydrogens (primary N) is 3. The first kappa shape index (κ1) is 53.0. The minimum atomic E-state index is -1.41. The van der Waals surface area contributed by atoms with Gasteiger partial charge in [0.15, 0.2) is 5.96 Å².